The van der Waals surface area contributed by atoms with Gasteiger partial charge in [0.15, 0.2) is 0 Å². The van der Waals surface area contributed by atoms with Crippen molar-refractivity contribution in [1.29, 1.82) is 5.26 Å². The van der Waals surface area contributed by atoms with E-state index in [0.717, 1.165) is 48.3 Å². The number of nitrogens with two attached hydrogens (primary N) is 1. The standard InChI is InChI=1S/C28H32N2O3/c1-3-4-5-19-8-12-21(13-9-19)28(31)32-22-14-15-23-25(16-22)33-27(30)24(17-29)26(23)20-10-6-18(2)7-11-20/h6-7,10-11,14-16,19,21,26H,3-5,8-9,12-13,30H2,1-2H3. The highest BCUT2D eigenvalue weighted by molar-refractivity contribution is 5.75. The SMILES string of the molecule is CCCCC1CCC(C(=O)Oc2ccc3c(c2)OC(N)=C(C#N)C3c2ccc(C)cc2)CC1. The van der Waals surface area contributed by atoms with Crippen molar-refractivity contribution in [3.8, 4) is 17.6 Å². The van der Waals surface area contributed by atoms with E-state index in [1.165, 1.54) is 19.3 Å². The molecule has 0 spiro atoms. The van der Waals surface area contributed by atoms with Crippen molar-refractivity contribution in [2.24, 2.45) is 17.6 Å². The zero-order valence-corrected chi connectivity index (χ0v) is 19.5. The van der Waals surface area contributed by atoms with Crippen molar-refractivity contribution in [3.05, 3.63) is 70.6 Å². The van der Waals surface area contributed by atoms with E-state index in [9.17, 15) is 10.1 Å². The van der Waals surface area contributed by atoms with E-state index in [1.807, 2.05) is 37.3 Å². The highest BCUT2D eigenvalue weighted by Gasteiger charge is 2.32. The van der Waals surface area contributed by atoms with E-state index in [1.54, 1.807) is 12.1 Å². The van der Waals surface area contributed by atoms with Crippen LogP contribution in [0.25, 0.3) is 0 Å². The summed E-state index contributed by atoms with van der Waals surface area (Å²) >= 11 is 0. The van der Waals surface area contributed by atoms with Crippen LogP contribution in [-0.4, -0.2) is 5.97 Å². The third-order valence-electron chi connectivity index (χ3n) is 6.97. The van der Waals surface area contributed by atoms with Gasteiger partial charge < -0.3 is 15.2 Å². The van der Waals surface area contributed by atoms with Crippen molar-refractivity contribution in [2.45, 2.75) is 64.7 Å². The molecule has 0 radical (unpaired) electrons. The molecule has 1 heterocycles. The van der Waals surface area contributed by atoms with Gasteiger partial charge in [0.05, 0.1) is 11.8 Å². The van der Waals surface area contributed by atoms with Crippen molar-refractivity contribution in [2.75, 3.05) is 0 Å². The Labute approximate surface area is 196 Å². The Morgan fingerprint density at radius 3 is 2.55 bits per heavy atom. The van der Waals surface area contributed by atoms with Gasteiger partial charge in [-0.1, -0.05) is 62.1 Å². The van der Waals surface area contributed by atoms with E-state index in [-0.39, 0.29) is 23.7 Å². The molecule has 2 aromatic carbocycles. The summed E-state index contributed by atoms with van der Waals surface area (Å²) in [6.45, 7) is 4.24. The topological polar surface area (TPSA) is 85.3 Å². The van der Waals surface area contributed by atoms with Gasteiger partial charge in [-0.25, -0.2) is 0 Å². The number of allylic oxidation sites excluding steroid dienone is 1. The molecule has 1 unspecified atom stereocenters. The molecule has 33 heavy (non-hydrogen) atoms. The van der Waals surface area contributed by atoms with E-state index in [4.69, 9.17) is 15.2 Å². The summed E-state index contributed by atoms with van der Waals surface area (Å²) in [5.74, 6) is 1.26. The summed E-state index contributed by atoms with van der Waals surface area (Å²) in [5, 5.41) is 9.72. The summed E-state index contributed by atoms with van der Waals surface area (Å²) < 4.78 is 11.5. The van der Waals surface area contributed by atoms with Crippen LogP contribution in [0.5, 0.6) is 11.5 Å². The fourth-order valence-corrected chi connectivity index (χ4v) is 4.98. The first kappa shape index (κ1) is 22.9. The minimum absolute atomic E-state index is 0.0460. The molecule has 2 aliphatic rings. The minimum Gasteiger partial charge on any atom is -0.440 e. The maximum absolute atomic E-state index is 12.8. The molecule has 1 aliphatic heterocycles. The zero-order chi connectivity index (χ0) is 23.4. The Bertz CT molecular complexity index is 1070. The predicted octanol–water partition coefficient (Wildman–Crippen LogP) is 6.12. The smallest absolute Gasteiger partial charge is 0.314 e. The van der Waals surface area contributed by atoms with Gasteiger partial charge in [0.2, 0.25) is 5.88 Å². The minimum atomic E-state index is -0.317. The average molecular weight is 445 g/mol. The number of rotatable bonds is 6. The molecule has 172 valence electrons. The number of fused-ring (bicyclic) bond motifs is 1. The maximum Gasteiger partial charge on any atom is 0.314 e. The number of nitrogens with zero attached hydrogens (tertiary/aromatic N) is 1. The lowest BCUT2D eigenvalue weighted by atomic mass is 9.80. The molecule has 1 atom stereocenters. The van der Waals surface area contributed by atoms with Crippen molar-refractivity contribution < 1.29 is 14.3 Å². The molecule has 2 aromatic rings. The number of unbranched alkanes of at least 4 members (excludes halogenated alkanes) is 1. The van der Waals surface area contributed by atoms with Gasteiger partial charge >= 0.3 is 5.97 Å². The largest absolute Gasteiger partial charge is 0.440 e. The molecule has 1 fully saturated rings. The molecule has 0 aromatic heterocycles. The summed E-state index contributed by atoms with van der Waals surface area (Å²) in [4.78, 5) is 12.8. The molecular weight excluding hydrogens is 412 g/mol. The molecule has 1 aliphatic carbocycles. The van der Waals surface area contributed by atoms with Gasteiger partial charge in [-0.15, -0.1) is 0 Å². The van der Waals surface area contributed by atoms with Crippen molar-refractivity contribution >= 4 is 5.97 Å². The summed E-state index contributed by atoms with van der Waals surface area (Å²) in [5.41, 5.74) is 9.43. The number of hydrogen-bond donors (Lipinski definition) is 1. The third kappa shape index (κ3) is 5.06. The maximum atomic E-state index is 12.8. The molecule has 1 saturated carbocycles. The number of esters is 1. The van der Waals surface area contributed by atoms with Crippen molar-refractivity contribution in [3.63, 3.8) is 0 Å². The van der Waals surface area contributed by atoms with Crippen LogP contribution in [0.2, 0.25) is 0 Å². The van der Waals surface area contributed by atoms with E-state index in [0.29, 0.717) is 17.1 Å². The average Bonchev–Trinajstić information content (AvgIpc) is 2.82. The van der Waals surface area contributed by atoms with Crippen LogP contribution in [0.3, 0.4) is 0 Å². The lowest BCUT2D eigenvalue weighted by molar-refractivity contribution is -0.140. The third-order valence-corrected chi connectivity index (χ3v) is 6.97. The Balaban J connectivity index is 1.50. The van der Waals surface area contributed by atoms with Crippen molar-refractivity contribution in [1.82, 2.24) is 0 Å². The number of hydrogen-bond acceptors (Lipinski definition) is 5. The molecule has 5 nitrogen and oxygen atoms in total. The lowest BCUT2D eigenvalue weighted by Gasteiger charge is -2.28. The van der Waals surface area contributed by atoms with Gasteiger partial charge in [0.1, 0.15) is 23.1 Å². The fourth-order valence-electron chi connectivity index (χ4n) is 4.98. The zero-order valence-electron chi connectivity index (χ0n) is 19.5. The van der Waals surface area contributed by atoms with Crippen LogP contribution in [0.1, 0.15) is 74.5 Å². The number of ether oxygens (including phenoxy) is 2. The Hall–Kier alpha value is -3.26. The number of carbonyl (C=O) groups excluding carboxylic acids is 1. The summed E-state index contributed by atoms with van der Waals surface area (Å²) in [6.07, 6.45) is 7.75. The first-order chi connectivity index (χ1) is 16.0. The van der Waals surface area contributed by atoms with Gasteiger partial charge in [0, 0.05) is 11.6 Å². The molecular formula is C28H32N2O3. The molecule has 0 saturated heterocycles. The first-order valence-electron chi connectivity index (χ1n) is 12.0. The monoisotopic (exact) mass is 444 g/mol. The van der Waals surface area contributed by atoms with Gasteiger partial charge in [-0.3, -0.25) is 4.79 Å². The second-order valence-corrected chi connectivity index (χ2v) is 9.32. The molecule has 4 rings (SSSR count). The van der Waals surface area contributed by atoms with Crippen LogP contribution < -0.4 is 15.2 Å². The Kier molecular flexibility index (Phi) is 7.03. The number of aryl methyl sites for hydroxylation is 1. The predicted molar refractivity (Wildman–Crippen MR) is 128 cm³/mol. The molecule has 0 amide bonds. The van der Waals surface area contributed by atoms with Gasteiger partial charge in [0.25, 0.3) is 0 Å². The summed E-state index contributed by atoms with van der Waals surface area (Å²) in [7, 11) is 0. The van der Waals surface area contributed by atoms with Crippen LogP contribution in [0.15, 0.2) is 53.9 Å². The van der Waals surface area contributed by atoms with E-state index in [2.05, 4.69) is 13.0 Å². The molecule has 2 N–H and O–H groups in total. The van der Waals surface area contributed by atoms with E-state index < -0.39 is 0 Å². The van der Waals surface area contributed by atoms with Crippen LogP contribution in [0, 0.1) is 30.1 Å². The number of nitriles is 1. The van der Waals surface area contributed by atoms with Gasteiger partial charge in [-0.05, 0) is 50.2 Å². The van der Waals surface area contributed by atoms with Gasteiger partial charge in [-0.2, -0.15) is 5.26 Å². The number of benzene rings is 2. The highest BCUT2D eigenvalue weighted by atomic mass is 16.5. The van der Waals surface area contributed by atoms with Crippen LogP contribution in [-0.2, 0) is 4.79 Å². The Morgan fingerprint density at radius 1 is 1.15 bits per heavy atom. The summed E-state index contributed by atoms with van der Waals surface area (Å²) in [6, 6.07) is 15.6. The van der Waals surface area contributed by atoms with E-state index >= 15 is 0 Å². The second kappa shape index (κ2) is 10.1. The fraction of sp³-hybridized carbons (Fsp3) is 0.429. The molecule has 0 bridgehead atoms. The quantitative estimate of drug-likeness (QED) is 0.429. The van der Waals surface area contributed by atoms with Crippen LogP contribution >= 0.6 is 0 Å². The lowest BCUT2D eigenvalue weighted by Crippen LogP contribution is -2.26. The number of carbonyl (C=O) groups is 1. The second-order valence-electron chi connectivity index (χ2n) is 9.32. The van der Waals surface area contributed by atoms with Crippen LogP contribution in [0.4, 0.5) is 0 Å². The molecule has 5 heteroatoms. The first-order valence-corrected chi connectivity index (χ1v) is 12.0. The Morgan fingerprint density at radius 2 is 1.88 bits per heavy atom. The normalized spacial score (nSPS) is 22.2. The highest BCUT2D eigenvalue weighted by Crippen LogP contribution is 2.43.